The number of aliphatic hydroxyl groups excluding tert-OH is 1. The van der Waals surface area contributed by atoms with Crippen LogP contribution in [0.5, 0.6) is 0 Å². The maximum atomic E-state index is 10.7. The average Bonchev–Trinajstić information content (AvgIpc) is 2.26. The van der Waals surface area contributed by atoms with Gasteiger partial charge in [0, 0.05) is 11.3 Å². The summed E-state index contributed by atoms with van der Waals surface area (Å²) in [5.74, 6) is 2.75. The molecule has 0 aromatic carbocycles. The monoisotopic (exact) mass is 278 g/mol. The van der Waals surface area contributed by atoms with Gasteiger partial charge >= 0.3 is 0 Å². The van der Waals surface area contributed by atoms with Crippen molar-refractivity contribution in [3.05, 3.63) is 23.0 Å². The van der Waals surface area contributed by atoms with Gasteiger partial charge in [-0.05, 0) is 35.3 Å². The van der Waals surface area contributed by atoms with E-state index in [1.165, 1.54) is 5.57 Å². The van der Waals surface area contributed by atoms with Gasteiger partial charge in [-0.15, -0.1) is 0 Å². The van der Waals surface area contributed by atoms with Crippen molar-refractivity contribution in [2.24, 2.45) is 35.0 Å². The Balaban J connectivity index is 3.63. The summed E-state index contributed by atoms with van der Waals surface area (Å²) in [6, 6.07) is 0. The van der Waals surface area contributed by atoms with Crippen LogP contribution in [0.25, 0.3) is 0 Å². The van der Waals surface area contributed by atoms with Gasteiger partial charge in [0.15, 0.2) is 0 Å². The van der Waals surface area contributed by atoms with E-state index in [2.05, 4.69) is 68.4 Å². The summed E-state index contributed by atoms with van der Waals surface area (Å²) in [5, 5.41) is 10.7. The van der Waals surface area contributed by atoms with Crippen LogP contribution in [0.1, 0.15) is 62.3 Å². The molecule has 1 aliphatic rings. The summed E-state index contributed by atoms with van der Waals surface area (Å²) < 4.78 is 0. The number of hydrogen-bond acceptors (Lipinski definition) is 1. The first-order valence-electron chi connectivity index (χ1n) is 8.20. The lowest BCUT2D eigenvalue weighted by Crippen LogP contribution is -2.43. The van der Waals surface area contributed by atoms with Crippen LogP contribution in [0.15, 0.2) is 23.0 Å². The van der Waals surface area contributed by atoms with Gasteiger partial charge in [-0.1, -0.05) is 67.9 Å². The van der Waals surface area contributed by atoms with Crippen molar-refractivity contribution in [3.63, 3.8) is 0 Å². The third-order valence-corrected chi connectivity index (χ3v) is 5.22. The molecule has 116 valence electrons. The molecule has 0 fully saturated rings. The molecule has 1 rings (SSSR count). The molecule has 0 amide bonds. The minimum Gasteiger partial charge on any atom is -0.512 e. The molecule has 1 aliphatic carbocycles. The Morgan fingerprint density at radius 2 is 1.45 bits per heavy atom. The highest BCUT2D eigenvalue weighted by molar-refractivity contribution is 5.41. The van der Waals surface area contributed by atoms with Crippen molar-refractivity contribution in [2.45, 2.75) is 62.3 Å². The average molecular weight is 278 g/mol. The van der Waals surface area contributed by atoms with Crippen LogP contribution in [-0.2, 0) is 0 Å². The molecule has 0 aromatic heterocycles. The zero-order chi connectivity index (χ0) is 15.8. The number of hydrogen-bond donors (Lipinski definition) is 1. The van der Waals surface area contributed by atoms with E-state index in [0.717, 1.165) is 0 Å². The molecule has 0 saturated heterocycles. The fourth-order valence-corrected chi connectivity index (χ4v) is 4.25. The molecule has 0 radical (unpaired) electrons. The molecule has 1 nitrogen and oxygen atoms in total. The normalized spacial score (nSPS) is 28.1. The molecule has 2 atom stereocenters. The molecule has 0 spiro atoms. The third-order valence-electron chi connectivity index (χ3n) is 5.22. The molecule has 20 heavy (non-hydrogen) atoms. The Morgan fingerprint density at radius 3 is 1.75 bits per heavy atom. The fourth-order valence-electron chi connectivity index (χ4n) is 4.25. The first-order valence-corrected chi connectivity index (χ1v) is 8.20. The van der Waals surface area contributed by atoms with Crippen molar-refractivity contribution in [1.82, 2.24) is 0 Å². The minimum atomic E-state index is 0.0424. The van der Waals surface area contributed by atoms with Crippen LogP contribution < -0.4 is 0 Å². The van der Waals surface area contributed by atoms with Gasteiger partial charge in [0.2, 0.25) is 0 Å². The SMILES string of the molecule is CC(C)C1=C(C(C)C)C(C)(C(C)C)C(C(C)C)C(O)=C1. The van der Waals surface area contributed by atoms with Crippen LogP contribution >= 0.6 is 0 Å². The van der Waals surface area contributed by atoms with E-state index in [4.69, 9.17) is 0 Å². The van der Waals surface area contributed by atoms with E-state index < -0.39 is 0 Å². The van der Waals surface area contributed by atoms with Gasteiger partial charge in [-0.25, -0.2) is 0 Å². The molecule has 1 N–H and O–H groups in total. The first-order chi connectivity index (χ1) is 9.05. The predicted molar refractivity (Wildman–Crippen MR) is 88.7 cm³/mol. The highest BCUT2D eigenvalue weighted by atomic mass is 16.3. The van der Waals surface area contributed by atoms with Crippen LogP contribution in [0, 0.1) is 35.0 Å². The highest BCUT2D eigenvalue weighted by Gasteiger charge is 2.47. The highest BCUT2D eigenvalue weighted by Crippen LogP contribution is 2.55. The lowest BCUT2D eigenvalue weighted by atomic mass is 9.55. The number of allylic oxidation sites excluding steroid dienone is 4. The Bertz CT molecular complexity index is 409. The fraction of sp³-hybridized carbons (Fsp3) is 0.789. The second-order valence-electron chi connectivity index (χ2n) is 7.91. The largest absolute Gasteiger partial charge is 0.512 e. The maximum Gasteiger partial charge on any atom is 0.0967 e. The molecule has 0 heterocycles. The van der Waals surface area contributed by atoms with E-state index in [9.17, 15) is 5.11 Å². The molecule has 0 saturated carbocycles. The number of rotatable bonds is 4. The Kier molecular flexibility index (Phi) is 5.16. The van der Waals surface area contributed by atoms with Crippen LogP contribution in [0.4, 0.5) is 0 Å². The molecule has 1 heteroatoms. The second-order valence-corrected chi connectivity index (χ2v) is 7.91. The van der Waals surface area contributed by atoms with Crippen molar-refractivity contribution in [3.8, 4) is 0 Å². The van der Waals surface area contributed by atoms with Gasteiger partial charge in [0.25, 0.3) is 0 Å². The lowest BCUT2D eigenvalue weighted by molar-refractivity contribution is 0.0890. The Labute approximate surface area is 126 Å². The smallest absolute Gasteiger partial charge is 0.0967 e. The summed E-state index contributed by atoms with van der Waals surface area (Å²) in [6.45, 7) is 20.5. The van der Waals surface area contributed by atoms with E-state index in [0.29, 0.717) is 29.4 Å². The quantitative estimate of drug-likeness (QED) is 0.670. The van der Waals surface area contributed by atoms with E-state index in [1.54, 1.807) is 5.57 Å². The van der Waals surface area contributed by atoms with Crippen LogP contribution in [-0.4, -0.2) is 5.11 Å². The van der Waals surface area contributed by atoms with E-state index in [1.807, 2.05) is 0 Å². The topological polar surface area (TPSA) is 20.2 Å². The van der Waals surface area contributed by atoms with E-state index >= 15 is 0 Å². The molecule has 0 aromatic rings. The molecular formula is C19H34O. The first kappa shape index (κ1) is 17.3. The Hall–Kier alpha value is -0.720. The number of aliphatic hydroxyl groups is 1. The summed E-state index contributed by atoms with van der Waals surface area (Å²) in [5.41, 5.74) is 2.95. The predicted octanol–water partition coefficient (Wildman–Crippen LogP) is 5.99. The molecule has 0 bridgehead atoms. The van der Waals surface area contributed by atoms with Crippen LogP contribution in [0.2, 0.25) is 0 Å². The summed E-state index contributed by atoms with van der Waals surface area (Å²) in [6.07, 6.45) is 2.06. The summed E-state index contributed by atoms with van der Waals surface area (Å²) >= 11 is 0. The lowest BCUT2D eigenvalue weighted by Gasteiger charge is -2.50. The zero-order valence-electron chi connectivity index (χ0n) is 14.9. The van der Waals surface area contributed by atoms with Gasteiger partial charge in [-0.3, -0.25) is 0 Å². The van der Waals surface area contributed by atoms with Crippen molar-refractivity contribution >= 4 is 0 Å². The van der Waals surface area contributed by atoms with Crippen LogP contribution in [0.3, 0.4) is 0 Å². The second kappa shape index (κ2) is 5.95. The van der Waals surface area contributed by atoms with Crippen molar-refractivity contribution in [2.75, 3.05) is 0 Å². The molecular weight excluding hydrogens is 244 g/mol. The van der Waals surface area contributed by atoms with E-state index in [-0.39, 0.29) is 11.3 Å². The minimum absolute atomic E-state index is 0.0424. The Morgan fingerprint density at radius 1 is 0.950 bits per heavy atom. The standard InChI is InChI=1S/C19H34O/c1-11(2)15-10-16(20)18(13(5)6)19(9,14(7)8)17(15)12(3)4/h10-14,18,20H,1-9H3. The van der Waals surface area contributed by atoms with Gasteiger partial charge in [-0.2, -0.15) is 0 Å². The summed E-state index contributed by atoms with van der Waals surface area (Å²) in [4.78, 5) is 0. The molecule has 0 aliphatic heterocycles. The molecule has 2 unspecified atom stereocenters. The third kappa shape index (κ3) is 2.69. The van der Waals surface area contributed by atoms with Crippen molar-refractivity contribution < 1.29 is 5.11 Å². The summed E-state index contributed by atoms with van der Waals surface area (Å²) in [7, 11) is 0. The zero-order valence-corrected chi connectivity index (χ0v) is 14.9. The van der Waals surface area contributed by atoms with Gasteiger partial charge in [0.1, 0.15) is 0 Å². The maximum absolute atomic E-state index is 10.7. The van der Waals surface area contributed by atoms with Gasteiger partial charge < -0.3 is 5.11 Å². The van der Waals surface area contributed by atoms with Gasteiger partial charge in [0.05, 0.1) is 5.76 Å². The van der Waals surface area contributed by atoms with Crippen molar-refractivity contribution in [1.29, 1.82) is 0 Å².